The lowest BCUT2D eigenvalue weighted by atomic mass is 9.94. The zero-order valence-electron chi connectivity index (χ0n) is 14.6. The standard InChI is InChI=1S/C18H24BrN3O2/c1-12-11-21(17(23)24-18(2,3)4)10-9-14(12)22-15-8-6-5-7-13(15)16(19)20-22/h5-8,12,14H,9-11H2,1-4H3/t12-,14-/m0/s1. The van der Waals surface area contributed by atoms with E-state index in [-0.39, 0.29) is 12.1 Å². The van der Waals surface area contributed by atoms with E-state index < -0.39 is 5.60 Å². The number of likely N-dealkylation sites (tertiary alicyclic amines) is 1. The lowest BCUT2D eigenvalue weighted by Crippen LogP contribution is -2.45. The number of amides is 1. The zero-order chi connectivity index (χ0) is 17.5. The molecule has 24 heavy (non-hydrogen) atoms. The molecule has 0 radical (unpaired) electrons. The molecule has 0 bridgehead atoms. The van der Waals surface area contributed by atoms with E-state index >= 15 is 0 Å². The highest BCUT2D eigenvalue weighted by atomic mass is 79.9. The Labute approximate surface area is 151 Å². The van der Waals surface area contributed by atoms with Crippen LogP contribution in [-0.2, 0) is 4.74 Å². The lowest BCUT2D eigenvalue weighted by molar-refractivity contribution is 0.0121. The summed E-state index contributed by atoms with van der Waals surface area (Å²) >= 11 is 3.56. The number of para-hydroxylation sites is 1. The minimum Gasteiger partial charge on any atom is -0.444 e. The first-order valence-electron chi connectivity index (χ1n) is 8.37. The van der Waals surface area contributed by atoms with Gasteiger partial charge in [-0.1, -0.05) is 25.1 Å². The molecular weight excluding hydrogens is 370 g/mol. The molecule has 0 N–H and O–H groups in total. The van der Waals surface area contributed by atoms with Crippen molar-refractivity contribution < 1.29 is 9.53 Å². The first kappa shape index (κ1) is 17.3. The molecule has 0 aliphatic carbocycles. The average molecular weight is 394 g/mol. The molecule has 1 amide bonds. The molecule has 1 fully saturated rings. The monoisotopic (exact) mass is 393 g/mol. The van der Waals surface area contributed by atoms with Crippen molar-refractivity contribution in [1.82, 2.24) is 14.7 Å². The SMILES string of the molecule is C[C@H]1CN(C(=O)OC(C)(C)C)CC[C@@H]1n1nc(Br)c2ccccc21. The molecule has 1 aromatic carbocycles. The van der Waals surface area contributed by atoms with Crippen molar-refractivity contribution in [3.63, 3.8) is 0 Å². The second-order valence-corrected chi connectivity index (χ2v) is 8.26. The van der Waals surface area contributed by atoms with Gasteiger partial charge < -0.3 is 9.64 Å². The molecule has 0 saturated carbocycles. The van der Waals surface area contributed by atoms with E-state index in [4.69, 9.17) is 9.84 Å². The first-order chi connectivity index (χ1) is 11.3. The molecule has 2 atom stereocenters. The molecule has 2 aromatic rings. The Bertz CT molecular complexity index is 750. The number of aromatic nitrogens is 2. The molecule has 1 aromatic heterocycles. The van der Waals surface area contributed by atoms with Crippen LogP contribution >= 0.6 is 15.9 Å². The van der Waals surface area contributed by atoms with Gasteiger partial charge in [-0.2, -0.15) is 5.10 Å². The number of hydrogen-bond donors (Lipinski definition) is 0. The fourth-order valence-corrected chi connectivity index (χ4v) is 3.80. The summed E-state index contributed by atoms with van der Waals surface area (Å²) in [5.41, 5.74) is 0.673. The molecular formula is C18H24BrN3O2. The van der Waals surface area contributed by atoms with Crippen LogP contribution in [0.4, 0.5) is 4.79 Å². The Hall–Kier alpha value is -1.56. The maximum Gasteiger partial charge on any atom is 0.410 e. The first-order valence-corrected chi connectivity index (χ1v) is 9.16. The van der Waals surface area contributed by atoms with Gasteiger partial charge in [0.1, 0.15) is 10.2 Å². The topological polar surface area (TPSA) is 47.4 Å². The van der Waals surface area contributed by atoms with Gasteiger partial charge in [-0.3, -0.25) is 4.68 Å². The smallest absolute Gasteiger partial charge is 0.410 e. The number of carbonyl (C=O) groups is 1. The zero-order valence-corrected chi connectivity index (χ0v) is 16.2. The molecule has 130 valence electrons. The van der Waals surface area contributed by atoms with Crippen molar-refractivity contribution in [1.29, 1.82) is 0 Å². The normalized spacial score (nSPS) is 22.0. The van der Waals surface area contributed by atoms with E-state index in [0.717, 1.165) is 21.9 Å². The minimum absolute atomic E-state index is 0.223. The predicted molar refractivity (Wildman–Crippen MR) is 98.1 cm³/mol. The summed E-state index contributed by atoms with van der Waals surface area (Å²) in [6, 6.07) is 8.50. The third kappa shape index (κ3) is 3.43. The van der Waals surface area contributed by atoms with E-state index in [2.05, 4.69) is 39.7 Å². The summed E-state index contributed by atoms with van der Waals surface area (Å²) < 4.78 is 8.48. The number of ether oxygens (including phenoxy) is 1. The van der Waals surface area contributed by atoms with Gasteiger partial charge in [0.15, 0.2) is 0 Å². The largest absolute Gasteiger partial charge is 0.444 e. The average Bonchev–Trinajstić information content (AvgIpc) is 2.83. The Kier molecular flexibility index (Phi) is 4.60. The van der Waals surface area contributed by atoms with Crippen molar-refractivity contribution in [3.8, 4) is 0 Å². The fourth-order valence-electron chi connectivity index (χ4n) is 3.29. The Morgan fingerprint density at radius 1 is 1.33 bits per heavy atom. The highest BCUT2D eigenvalue weighted by Gasteiger charge is 2.33. The lowest BCUT2D eigenvalue weighted by Gasteiger charge is -2.37. The molecule has 1 aliphatic heterocycles. The van der Waals surface area contributed by atoms with Crippen molar-refractivity contribution in [2.24, 2.45) is 5.92 Å². The van der Waals surface area contributed by atoms with Gasteiger partial charge in [-0.25, -0.2) is 4.79 Å². The maximum absolute atomic E-state index is 12.3. The van der Waals surface area contributed by atoms with E-state index in [0.29, 0.717) is 19.0 Å². The van der Waals surface area contributed by atoms with E-state index in [9.17, 15) is 4.79 Å². The van der Waals surface area contributed by atoms with E-state index in [1.807, 2.05) is 37.8 Å². The Morgan fingerprint density at radius 2 is 2.04 bits per heavy atom. The molecule has 5 nitrogen and oxygen atoms in total. The number of rotatable bonds is 1. The van der Waals surface area contributed by atoms with Gasteiger partial charge in [0.05, 0.1) is 11.6 Å². The van der Waals surface area contributed by atoms with Crippen molar-refractivity contribution in [3.05, 3.63) is 28.9 Å². The van der Waals surface area contributed by atoms with Crippen molar-refractivity contribution in [2.75, 3.05) is 13.1 Å². The summed E-state index contributed by atoms with van der Waals surface area (Å²) in [6.07, 6.45) is 0.651. The number of hydrogen-bond acceptors (Lipinski definition) is 3. The van der Waals surface area contributed by atoms with Crippen LogP contribution in [0.1, 0.15) is 40.2 Å². The van der Waals surface area contributed by atoms with Crippen LogP contribution < -0.4 is 0 Å². The molecule has 3 rings (SSSR count). The second kappa shape index (κ2) is 6.39. The van der Waals surface area contributed by atoms with E-state index in [1.54, 1.807) is 0 Å². The maximum atomic E-state index is 12.3. The van der Waals surface area contributed by atoms with Gasteiger partial charge in [0.2, 0.25) is 0 Å². The number of halogens is 1. The summed E-state index contributed by atoms with van der Waals surface area (Å²) in [5, 5.41) is 5.82. The fraction of sp³-hybridized carbons (Fsp3) is 0.556. The van der Waals surface area contributed by atoms with Gasteiger partial charge in [-0.15, -0.1) is 0 Å². The van der Waals surface area contributed by atoms with Crippen LogP contribution in [0.2, 0.25) is 0 Å². The summed E-state index contributed by atoms with van der Waals surface area (Å²) in [4.78, 5) is 14.1. The summed E-state index contributed by atoms with van der Waals surface area (Å²) in [6.45, 7) is 9.24. The molecule has 0 spiro atoms. The molecule has 1 aliphatic rings. The Morgan fingerprint density at radius 3 is 2.71 bits per heavy atom. The number of fused-ring (bicyclic) bond motifs is 1. The molecule has 6 heteroatoms. The summed E-state index contributed by atoms with van der Waals surface area (Å²) in [5.74, 6) is 0.307. The van der Waals surface area contributed by atoms with Crippen LogP contribution in [0.15, 0.2) is 28.9 Å². The quantitative estimate of drug-likeness (QED) is 0.709. The Balaban J connectivity index is 1.77. The third-order valence-electron chi connectivity index (χ3n) is 4.39. The minimum atomic E-state index is -0.458. The van der Waals surface area contributed by atoms with Crippen LogP contribution in [0.5, 0.6) is 0 Å². The summed E-state index contributed by atoms with van der Waals surface area (Å²) in [7, 11) is 0. The van der Waals surface area contributed by atoms with Crippen LogP contribution in [-0.4, -0.2) is 39.5 Å². The van der Waals surface area contributed by atoms with E-state index in [1.165, 1.54) is 0 Å². The molecule has 2 heterocycles. The van der Waals surface area contributed by atoms with Crippen molar-refractivity contribution >= 4 is 32.9 Å². The number of piperidine rings is 1. The van der Waals surface area contributed by atoms with Gasteiger partial charge >= 0.3 is 6.09 Å². The molecule has 1 saturated heterocycles. The highest BCUT2D eigenvalue weighted by Crippen LogP contribution is 2.33. The molecule has 0 unspecified atom stereocenters. The third-order valence-corrected chi connectivity index (χ3v) is 4.98. The van der Waals surface area contributed by atoms with Gasteiger partial charge in [-0.05, 0) is 55.1 Å². The van der Waals surface area contributed by atoms with Gasteiger partial charge in [0, 0.05) is 18.5 Å². The van der Waals surface area contributed by atoms with Crippen LogP contribution in [0, 0.1) is 5.92 Å². The van der Waals surface area contributed by atoms with Crippen LogP contribution in [0.3, 0.4) is 0 Å². The van der Waals surface area contributed by atoms with Gasteiger partial charge in [0.25, 0.3) is 0 Å². The predicted octanol–water partition coefficient (Wildman–Crippen LogP) is 4.62. The second-order valence-electron chi connectivity index (χ2n) is 7.51. The number of benzene rings is 1. The number of nitrogens with zero attached hydrogens (tertiary/aromatic N) is 3. The van der Waals surface area contributed by atoms with Crippen LogP contribution in [0.25, 0.3) is 10.9 Å². The number of carbonyl (C=O) groups excluding carboxylic acids is 1. The van der Waals surface area contributed by atoms with Crippen molar-refractivity contribution in [2.45, 2.75) is 45.8 Å². The highest BCUT2D eigenvalue weighted by molar-refractivity contribution is 9.10.